The first-order valence-electron chi connectivity index (χ1n) is 6.00. The van der Waals surface area contributed by atoms with Crippen LogP contribution < -0.4 is 9.47 Å². The van der Waals surface area contributed by atoms with E-state index >= 15 is 0 Å². The highest BCUT2D eigenvalue weighted by atomic mass is 79.9. The van der Waals surface area contributed by atoms with Gasteiger partial charge in [-0.15, -0.1) is 0 Å². The van der Waals surface area contributed by atoms with Gasteiger partial charge < -0.3 is 14.6 Å². The standard InChI is InChI=1S/C15H14BrClO3/c1-19-12-4-2-3-10(7-12)14(18)9-20-15-6-5-11(17)8-13(15)16/h2-8,14,18H,9H2,1H3. The Hall–Kier alpha value is -1.23. The maximum absolute atomic E-state index is 10.1. The van der Waals surface area contributed by atoms with Crippen molar-refractivity contribution in [3.63, 3.8) is 0 Å². The molecule has 0 fully saturated rings. The fraction of sp³-hybridized carbons (Fsp3) is 0.200. The van der Waals surface area contributed by atoms with E-state index < -0.39 is 6.10 Å². The van der Waals surface area contributed by atoms with Crippen LogP contribution in [0.1, 0.15) is 11.7 Å². The summed E-state index contributed by atoms with van der Waals surface area (Å²) in [6.45, 7) is 0.146. The molecule has 2 aromatic carbocycles. The molecular formula is C15H14BrClO3. The van der Waals surface area contributed by atoms with Crippen LogP contribution >= 0.6 is 27.5 Å². The van der Waals surface area contributed by atoms with E-state index in [9.17, 15) is 5.11 Å². The molecule has 1 unspecified atom stereocenters. The average molecular weight is 358 g/mol. The molecule has 0 amide bonds. The molecule has 106 valence electrons. The Morgan fingerprint density at radius 1 is 1.25 bits per heavy atom. The first kappa shape index (κ1) is 15.2. The summed E-state index contributed by atoms with van der Waals surface area (Å²) in [6.07, 6.45) is -0.729. The molecule has 3 nitrogen and oxygen atoms in total. The van der Waals surface area contributed by atoms with Crippen LogP contribution in [0.2, 0.25) is 5.02 Å². The molecule has 0 saturated carbocycles. The summed E-state index contributed by atoms with van der Waals surface area (Å²) in [5, 5.41) is 10.7. The van der Waals surface area contributed by atoms with Crippen molar-refractivity contribution in [3.8, 4) is 11.5 Å². The molecule has 2 rings (SSSR count). The molecule has 5 heteroatoms. The van der Waals surface area contributed by atoms with Crippen molar-refractivity contribution >= 4 is 27.5 Å². The second-order valence-electron chi connectivity index (χ2n) is 4.18. The van der Waals surface area contributed by atoms with Crippen molar-refractivity contribution in [3.05, 3.63) is 57.5 Å². The largest absolute Gasteiger partial charge is 0.497 e. The summed E-state index contributed by atoms with van der Waals surface area (Å²) >= 11 is 9.23. The van der Waals surface area contributed by atoms with E-state index in [1.54, 1.807) is 31.4 Å². The molecule has 0 aliphatic heterocycles. The number of methoxy groups -OCH3 is 1. The molecule has 0 aliphatic carbocycles. The second-order valence-corrected chi connectivity index (χ2v) is 5.47. The van der Waals surface area contributed by atoms with E-state index in [4.69, 9.17) is 21.1 Å². The molecule has 1 atom stereocenters. The lowest BCUT2D eigenvalue weighted by Crippen LogP contribution is -2.10. The van der Waals surface area contributed by atoms with E-state index in [1.165, 1.54) is 0 Å². The van der Waals surface area contributed by atoms with Crippen LogP contribution in [0.15, 0.2) is 46.9 Å². The van der Waals surface area contributed by atoms with Crippen molar-refractivity contribution in [2.75, 3.05) is 13.7 Å². The highest BCUT2D eigenvalue weighted by Gasteiger charge is 2.11. The van der Waals surface area contributed by atoms with Gasteiger partial charge in [-0.1, -0.05) is 23.7 Å². The average Bonchev–Trinajstić information content (AvgIpc) is 2.46. The third-order valence-electron chi connectivity index (χ3n) is 2.77. The Morgan fingerprint density at radius 2 is 2.05 bits per heavy atom. The predicted molar refractivity (Wildman–Crippen MR) is 82.6 cm³/mol. The number of benzene rings is 2. The smallest absolute Gasteiger partial charge is 0.133 e. The van der Waals surface area contributed by atoms with Gasteiger partial charge in [0.05, 0.1) is 11.6 Å². The van der Waals surface area contributed by atoms with Crippen molar-refractivity contribution in [1.82, 2.24) is 0 Å². The SMILES string of the molecule is COc1cccc(C(O)COc2ccc(Cl)cc2Br)c1. The van der Waals surface area contributed by atoms with Gasteiger partial charge >= 0.3 is 0 Å². The van der Waals surface area contributed by atoms with Crippen LogP contribution in [0.25, 0.3) is 0 Å². The topological polar surface area (TPSA) is 38.7 Å². The lowest BCUT2D eigenvalue weighted by atomic mass is 10.1. The summed E-state index contributed by atoms with van der Waals surface area (Å²) in [5.74, 6) is 1.34. The molecule has 0 spiro atoms. The van der Waals surface area contributed by atoms with E-state index in [-0.39, 0.29) is 6.61 Å². The molecule has 0 saturated heterocycles. The zero-order valence-electron chi connectivity index (χ0n) is 10.8. The maximum atomic E-state index is 10.1. The fourth-order valence-corrected chi connectivity index (χ4v) is 2.50. The van der Waals surface area contributed by atoms with Crippen molar-refractivity contribution < 1.29 is 14.6 Å². The summed E-state index contributed by atoms with van der Waals surface area (Å²) in [5.41, 5.74) is 0.745. The minimum Gasteiger partial charge on any atom is -0.497 e. The van der Waals surface area contributed by atoms with Gasteiger partial charge in [-0.25, -0.2) is 0 Å². The van der Waals surface area contributed by atoms with E-state index in [0.717, 1.165) is 10.0 Å². The van der Waals surface area contributed by atoms with Crippen LogP contribution in [-0.4, -0.2) is 18.8 Å². The van der Waals surface area contributed by atoms with Crippen LogP contribution in [0.5, 0.6) is 11.5 Å². The summed E-state index contributed by atoms with van der Waals surface area (Å²) in [7, 11) is 1.59. The molecule has 20 heavy (non-hydrogen) atoms. The van der Waals surface area contributed by atoms with E-state index in [2.05, 4.69) is 15.9 Å². The molecule has 0 aliphatic rings. The zero-order chi connectivity index (χ0) is 14.5. The maximum Gasteiger partial charge on any atom is 0.133 e. The van der Waals surface area contributed by atoms with Crippen molar-refractivity contribution in [2.45, 2.75) is 6.10 Å². The van der Waals surface area contributed by atoms with Gasteiger partial charge in [0, 0.05) is 5.02 Å². The number of hydrogen-bond acceptors (Lipinski definition) is 3. The van der Waals surface area contributed by atoms with Crippen LogP contribution in [-0.2, 0) is 0 Å². The minimum atomic E-state index is -0.729. The number of aliphatic hydroxyl groups excluding tert-OH is 1. The summed E-state index contributed by atoms with van der Waals surface area (Å²) in [4.78, 5) is 0. The third-order valence-corrected chi connectivity index (χ3v) is 3.62. The molecule has 2 aromatic rings. The van der Waals surface area contributed by atoms with Gasteiger partial charge in [-0.3, -0.25) is 0 Å². The van der Waals surface area contributed by atoms with Crippen molar-refractivity contribution in [2.24, 2.45) is 0 Å². The zero-order valence-corrected chi connectivity index (χ0v) is 13.2. The Balaban J connectivity index is 2.02. The third kappa shape index (κ3) is 3.88. The number of aliphatic hydroxyl groups is 1. The van der Waals surface area contributed by atoms with Gasteiger partial charge in [-0.05, 0) is 51.8 Å². The molecule has 0 bridgehead atoms. The predicted octanol–water partition coefficient (Wildman–Crippen LogP) is 4.22. The van der Waals surface area contributed by atoms with Gasteiger partial charge in [0.1, 0.15) is 24.2 Å². The highest BCUT2D eigenvalue weighted by Crippen LogP contribution is 2.29. The molecule has 0 aromatic heterocycles. The van der Waals surface area contributed by atoms with E-state index in [0.29, 0.717) is 16.5 Å². The normalized spacial score (nSPS) is 12.0. The van der Waals surface area contributed by atoms with Gasteiger partial charge in [-0.2, -0.15) is 0 Å². The monoisotopic (exact) mass is 356 g/mol. The minimum absolute atomic E-state index is 0.146. The van der Waals surface area contributed by atoms with Gasteiger partial charge in [0.15, 0.2) is 0 Å². The first-order valence-corrected chi connectivity index (χ1v) is 7.17. The number of ether oxygens (including phenoxy) is 2. The number of rotatable bonds is 5. The Labute approximate surface area is 131 Å². The number of hydrogen-bond donors (Lipinski definition) is 1. The van der Waals surface area contributed by atoms with Crippen molar-refractivity contribution in [1.29, 1.82) is 0 Å². The van der Waals surface area contributed by atoms with Crippen LogP contribution in [0.3, 0.4) is 0 Å². The summed E-state index contributed by atoms with van der Waals surface area (Å²) < 4.78 is 11.5. The quantitative estimate of drug-likeness (QED) is 0.870. The molecule has 1 N–H and O–H groups in total. The molecular weight excluding hydrogens is 344 g/mol. The second kappa shape index (κ2) is 6.97. The van der Waals surface area contributed by atoms with Gasteiger partial charge in [0.25, 0.3) is 0 Å². The summed E-state index contributed by atoms with van der Waals surface area (Å²) in [6, 6.07) is 12.5. The lowest BCUT2D eigenvalue weighted by Gasteiger charge is -2.14. The lowest BCUT2D eigenvalue weighted by molar-refractivity contribution is 0.107. The number of halogens is 2. The fourth-order valence-electron chi connectivity index (χ4n) is 1.71. The molecule has 0 radical (unpaired) electrons. The Bertz CT molecular complexity index is 589. The Kier molecular flexibility index (Phi) is 5.29. The highest BCUT2D eigenvalue weighted by molar-refractivity contribution is 9.10. The van der Waals surface area contributed by atoms with Gasteiger partial charge in [0.2, 0.25) is 0 Å². The molecule has 0 heterocycles. The van der Waals surface area contributed by atoms with E-state index in [1.807, 2.05) is 18.2 Å². The first-order chi connectivity index (χ1) is 9.60. The van der Waals surface area contributed by atoms with Crippen LogP contribution in [0.4, 0.5) is 0 Å². The van der Waals surface area contributed by atoms with Crippen LogP contribution in [0, 0.1) is 0 Å². The Morgan fingerprint density at radius 3 is 2.75 bits per heavy atom.